The summed E-state index contributed by atoms with van der Waals surface area (Å²) >= 11 is 1.45. The van der Waals surface area contributed by atoms with E-state index in [2.05, 4.69) is 5.32 Å². The van der Waals surface area contributed by atoms with Crippen LogP contribution in [-0.2, 0) is 4.79 Å². The Labute approximate surface area is 145 Å². The molecule has 1 aliphatic heterocycles. The Morgan fingerprint density at radius 1 is 1.17 bits per heavy atom. The first kappa shape index (κ1) is 16.5. The van der Waals surface area contributed by atoms with Gasteiger partial charge in [0.15, 0.2) is 11.5 Å². The Balaban J connectivity index is 1.61. The number of hydrogen-bond acceptors (Lipinski definition) is 5. The number of amides is 1. The van der Waals surface area contributed by atoms with Crippen molar-refractivity contribution < 1.29 is 19.0 Å². The van der Waals surface area contributed by atoms with E-state index in [-0.39, 0.29) is 5.91 Å². The highest BCUT2D eigenvalue weighted by molar-refractivity contribution is 8.00. The largest absolute Gasteiger partial charge is 0.495 e. The van der Waals surface area contributed by atoms with Gasteiger partial charge in [-0.15, -0.1) is 11.8 Å². The molecule has 1 heterocycles. The van der Waals surface area contributed by atoms with Gasteiger partial charge >= 0.3 is 0 Å². The predicted octanol–water partition coefficient (Wildman–Crippen LogP) is 3.51. The van der Waals surface area contributed by atoms with Gasteiger partial charge in [-0.25, -0.2) is 0 Å². The van der Waals surface area contributed by atoms with E-state index in [1.165, 1.54) is 11.8 Å². The predicted molar refractivity (Wildman–Crippen MR) is 94.5 cm³/mol. The number of ether oxygens (including phenoxy) is 3. The van der Waals surface area contributed by atoms with E-state index in [0.29, 0.717) is 30.4 Å². The lowest BCUT2D eigenvalue weighted by Gasteiger charge is -2.18. The van der Waals surface area contributed by atoms with Gasteiger partial charge < -0.3 is 19.5 Å². The molecule has 2 aromatic carbocycles. The third-order valence-corrected chi connectivity index (χ3v) is 4.51. The zero-order valence-corrected chi connectivity index (χ0v) is 14.4. The molecule has 1 amide bonds. The molecule has 0 atom stereocenters. The number of thioether (sulfide) groups is 1. The molecule has 5 nitrogen and oxygen atoms in total. The van der Waals surface area contributed by atoms with Gasteiger partial charge in [-0.05, 0) is 42.8 Å². The van der Waals surface area contributed by atoms with Gasteiger partial charge in [0, 0.05) is 4.90 Å². The van der Waals surface area contributed by atoms with Crippen molar-refractivity contribution in [2.75, 3.05) is 31.4 Å². The van der Waals surface area contributed by atoms with Crippen LogP contribution in [0.25, 0.3) is 0 Å². The average molecular weight is 345 g/mol. The molecule has 2 aromatic rings. The fraction of sp³-hybridized carbons (Fsp3) is 0.278. The third kappa shape index (κ3) is 3.94. The zero-order chi connectivity index (χ0) is 16.9. The van der Waals surface area contributed by atoms with Gasteiger partial charge in [0.2, 0.25) is 5.91 Å². The zero-order valence-electron chi connectivity index (χ0n) is 13.6. The second-order valence-electron chi connectivity index (χ2n) is 5.35. The van der Waals surface area contributed by atoms with Crippen molar-refractivity contribution in [1.29, 1.82) is 0 Å². The Morgan fingerprint density at radius 3 is 2.75 bits per heavy atom. The quantitative estimate of drug-likeness (QED) is 0.841. The molecule has 24 heavy (non-hydrogen) atoms. The summed E-state index contributed by atoms with van der Waals surface area (Å²) in [6.07, 6.45) is 0. The van der Waals surface area contributed by atoms with Crippen molar-refractivity contribution in [3.05, 3.63) is 42.0 Å². The molecule has 0 aromatic heterocycles. The van der Waals surface area contributed by atoms with Gasteiger partial charge in [-0.3, -0.25) is 4.79 Å². The van der Waals surface area contributed by atoms with Gasteiger partial charge in [0.25, 0.3) is 0 Å². The molecule has 0 aliphatic carbocycles. The molecule has 0 saturated heterocycles. The monoisotopic (exact) mass is 345 g/mol. The summed E-state index contributed by atoms with van der Waals surface area (Å²) in [6, 6.07) is 11.4. The highest BCUT2D eigenvalue weighted by atomic mass is 32.2. The van der Waals surface area contributed by atoms with Crippen LogP contribution in [0.4, 0.5) is 5.69 Å². The molecule has 0 spiro atoms. The number of carbonyl (C=O) groups is 1. The van der Waals surface area contributed by atoms with Gasteiger partial charge in [-0.2, -0.15) is 0 Å². The van der Waals surface area contributed by atoms with Gasteiger partial charge in [0.05, 0.1) is 18.6 Å². The molecule has 3 rings (SSSR count). The minimum Gasteiger partial charge on any atom is -0.495 e. The number of anilines is 1. The van der Waals surface area contributed by atoms with E-state index in [0.717, 1.165) is 22.0 Å². The topological polar surface area (TPSA) is 56.8 Å². The molecular weight excluding hydrogens is 326 g/mol. The van der Waals surface area contributed by atoms with Crippen LogP contribution in [0, 0.1) is 6.92 Å². The maximum Gasteiger partial charge on any atom is 0.234 e. The maximum atomic E-state index is 12.2. The number of methoxy groups -OCH3 is 1. The molecule has 1 aliphatic rings. The molecule has 0 unspecified atom stereocenters. The van der Waals surface area contributed by atoms with Crippen molar-refractivity contribution in [2.45, 2.75) is 11.8 Å². The van der Waals surface area contributed by atoms with Crippen molar-refractivity contribution >= 4 is 23.4 Å². The van der Waals surface area contributed by atoms with Crippen LogP contribution in [-0.4, -0.2) is 32.0 Å². The number of rotatable bonds is 5. The summed E-state index contributed by atoms with van der Waals surface area (Å²) in [7, 11) is 1.59. The second-order valence-corrected chi connectivity index (χ2v) is 6.39. The summed E-state index contributed by atoms with van der Waals surface area (Å²) < 4.78 is 16.3. The summed E-state index contributed by atoms with van der Waals surface area (Å²) in [4.78, 5) is 13.2. The van der Waals surface area contributed by atoms with Gasteiger partial charge in [-0.1, -0.05) is 6.07 Å². The number of carbonyl (C=O) groups excluding carboxylic acids is 1. The molecule has 0 saturated carbocycles. The van der Waals surface area contributed by atoms with Crippen LogP contribution in [0.1, 0.15) is 5.56 Å². The van der Waals surface area contributed by atoms with Crippen molar-refractivity contribution in [1.82, 2.24) is 0 Å². The van der Waals surface area contributed by atoms with Crippen molar-refractivity contribution in [3.63, 3.8) is 0 Å². The van der Waals surface area contributed by atoms with E-state index in [9.17, 15) is 4.79 Å². The summed E-state index contributed by atoms with van der Waals surface area (Å²) in [5.74, 6) is 2.35. The van der Waals surface area contributed by atoms with Crippen LogP contribution >= 0.6 is 11.8 Å². The molecule has 0 bridgehead atoms. The van der Waals surface area contributed by atoms with Crippen LogP contribution in [0.15, 0.2) is 41.3 Å². The molecule has 126 valence electrons. The van der Waals surface area contributed by atoms with E-state index < -0.39 is 0 Å². The first-order chi connectivity index (χ1) is 11.7. The van der Waals surface area contributed by atoms with E-state index >= 15 is 0 Å². The molecular formula is C18H19NO4S. The number of aryl methyl sites for hydroxylation is 1. The Hall–Kier alpha value is -2.34. The fourth-order valence-electron chi connectivity index (χ4n) is 2.37. The highest BCUT2D eigenvalue weighted by Crippen LogP contribution is 2.34. The molecule has 0 radical (unpaired) electrons. The Kier molecular flexibility index (Phi) is 5.15. The second kappa shape index (κ2) is 7.49. The summed E-state index contributed by atoms with van der Waals surface area (Å²) in [6.45, 7) is 3.09. The SMILES string of the molecule is COc1ccc(C)cc1NC(=O)CSc1ccc2c(c1)OCCO2. The Bertz CT molecular complexity index is 748. The molecule has 0 fully saturated rings. The average Bonchev–Trinajstić information content (AvgIpc) is 2.60. The first-order valence-corrected chi connectivity index (χ1v) is 8.61. The van der Waals surface area contributed by atoms with E-state index in [1.807, 2.05) is 43.3 Å². The number of benzene rings is 2. The minimum atomic E-state index is -0.0845. The molecule has 1 N–H and O–H groups in total. The Morgan fingerprint density at radius 2 is 1.96 bits per heavy atom. The lowest BCUT2D eigenvalue weighted by atomic mass is 10.2. The summed E-state index contributed by atoms with van der Waals surface area (Å²) in [5, 5.41) is 2.89. The number of nitrogens with one attached hydrogen (secondary N) is 1. The third-order valence-electron chi connectivity index (χ3n) is 3.51. The van der Waals surface area contributed by atoms with Crippen molar-refractivity contribution in [3.8, 4) is 17.2 Å². The van der Waals surface area contributed by atoms with Gasteiger partial charge in [0.1, 0.15) is 19.0 Å². The minimum absolute atomic E-state index is 0.0845. The number of fused-ring (bicyclic) bond motifs is 1. The highest BCUT2D eigenvalue weighted by Gasteiger charge is 2.13. The first-order valence-electron chi connectivity index (χ1n) is 7.62. The molecule has 6 heteroatoms. The lowest BCUT2D eigenvalue weighted by Crippen LogP contribution is -2.16. The van der Waals surface area contributed by atoms with E-state index in [1.54, 1.807) is 7.11 Å². The van der Waals surface area contributed by atoms with Crippen LogP contribution < -0.4 is 19.5 Å². The van der Waals surface area contributed by atoms with Crippen molar-refractivity contribution in [2.24, 2.45) is 0 Å². The lowest BCUT2D eigenvalue weighted by molar-refractivity contribution is -0.113. The maximum absolute atomic E-state index is 12.2. The fourth-order valence-corrected chi connectivity index (χ4v) is 3.09. The summed E-state index contributed by atoms with van der Waals surface area (Å²) in [5.41, 5.74) is 1.75. The van der Waals surface area contributed by atoms with Crippen LogP contribution in [0.3, 0.4) is 0 Å². The van der Waals surface area contributed by atoms with Crippen LogP contribution in [0.5, 0.6) is 17.2 Å². The van der Waals surface area contributed by atoms with E-state index in [4.69, 9.17) is 14.2 Å². The smallest absolute Gasteiger partial charge is 0.234 e. The number of hydrogen-bond donors (Lipinski definition) is 1. The standard InChI is InChI=1S/C18H19NO4S/c1-12-3-5-15(21-2)14(9-12)19-18(20)11-24-13-4-6-16-17(10-13)23-8-7-22-16/h3-6,9-10H,7-8,11H2,1-2H3,(H,19,20). The van der Waals surface area contributed by atoms with Crippen LogP contribution in [0.2, 0.25) is 0 Å². The normalized spacial score (nSPS) is 12.6.